The topological polar surface area (TPSA) is 76.7 Å². The highest BCUT2D eigenvalue weighted by Gasteiger charge is 2.10. The Hall–Kier alpha value is -3.58. The van der Waals surface area contributed by atoms with Crippen LogP contribution < -0.4 is 20.1 Å². The highest BCUT2D eigenvalue weighted by atomic mass is 35.5. The maximum Gasteiger partial charge on any atom is 0.262 e. The molecule has 0 aliphatic rings. The van der Waals surface area contributed by atoms with E-state index in [1.165, 1.54) is 12.1 Å². The van der Waals surface area contributed by atoms with E-state index >= 15 is 0 Å². The van der Waals surface area contributed by atoms with Crippen molar-refractivity contribution in [2.24, 2.45) is 0 Å². The summed E-state index contributed by atoms with van der Waals surface area (Å²) in [5, 5.41) is 5.42. The van der Waals surface area contributed by atoms with Crippen molar-refractivity contribution in [3.63, 3.8) is 0 Å². The largest absolute Gasteiger partial charge is 0.497 e. The molecule has 3 aromatic carbocycles. The number of methoxy groups -OCH3 is 1. The number of benzene rings is 3. The zero-order chi connectivity index (χ0) is 21.5. The third-order valence-corrected chi connectivity index (χ3v) is 4.33. The number of carbonyl (C=O) groups excluding carboxylic acids is 2. The molecule has 0 radical (unpaired) electrons. The summed E-state index contributed by atoms with van der Waals surface area (Å²) in [5.74, 6) is -0.187. The van der Waals surface area contributed by atoms with Gasteiger partial charge in [0.2, 0.25) is 0 Å². The van der Waals surface area contributed by atoms with Gasteiger partial charge < -0.3 is 20.1 Å². The first-order chi connectivity index (χ1) is 14.4. The maximum atomic E-state index is 13.1. The summed E-state index contributed by atoms with van der Waals surface area (Å²) in [6.07, 6.45) is 0. The number of halogens is 2. The molecule has 0 unspecified atom stereocenters. The van der Waals surface area contributed by atoms with Crippen LogP contribution in [0.3, 0.4) is 0 Å². The van der Waals surface area contributed by atoms with Crippen molar-refractivity contribution in [2.75, 3.05) is 24.4 Å². The molecule has 0 heterocycles. The Morgan fingerprint density at radius 3 is 2.43 bits per heavy atom. The number of ether oxygens (including phenoxy) is 2. The lowest BCUT2D eigenvalue weighted by molar-refractivity contribution is -0.118. The lowest BCUT2D eigenvalue weighted by atomic mass is 10.2. The molecule has 0 atom stereocenters. The normalized spacial score (nSPS) is 10.2. The van der Waals surface area contributed by atoms with Crippen LogP contribution >= 0.6 is 11.6 Å². The van der Waals surface area contributed by atoms with Gasteiger partial charge in [0.05, 0.1) is 17.8 Å². The standard InChI is InChI=1S/C22H18ClFN2O4/c1-29-18-4-2-3-16(12-18)25-21(27)13-30-17-8-5-14(6-9-17)22(28)26-20-10-7-15(24)11-19(20)23/h2-12H,13H2,1H3,(H,25,27)(H,26,28). The van der Waals surface area contributed by atoms with E-state index in [1.807, 2.05) is 0 Å². The molecule has 0 aromatic heterocycles. The van der Waals surface area contributed by atoms with Gasteiger partial charge in [-0.1, -0.05) is 17.7 Å². The third kappa shape index (κ3) is 5.71. The molecule has 0 fully saturated rings. The Kier molecular flexibility index (Phi) is 6.87. The van der Waals surface area contributed by atoms with Crippen LogP contribution in [0.15, 0.2) is 66.7 Å². The fraction of sp³-hybridized carbons (Fsp3) is 0.0909. The van der Waals surface area contributed by atoms with Crippen LogP contribution in [0.2, 0.25) is 5.02 Å². The van der Waals surface area contributed by atoms with Crippen molar-refractivity contribution < 1.29 is 23.5 Å². The molecule has 154 valence electrons. The van der Waals surface area contributed by atoms with Gasteiger partial charge in [0, 0.05) is 17.3 Å². The van der Waals surface area contributed by atoms with E-state index < -0.39 is 11.7 Å². The summed E-state index contributed by atoms with van der Waals surface area (Å²) >= 11 is 5.91. The summed E-state index contributed by atoms with van der Waals surface area (Å²) in [5.41, 5.74) is 1.25. The number of anilines is 2. The molecule has 2 amide bonds. The maximum absolute atomic E-state index is 13.1. The molecule has 2 N–H and O–H groups in total. The Labute approximate surface area is 177 Å². The van der Waals surface area contributed by atoms with Gasteiger partial charge in [0.25, 0.3) is 11.8 Å². The lowest BCUT2D eigenvalue weighted by Crippen LogP contribution is -2.20. The van der Waals surface area contributed by atoms with Crippen molar-refractivity contribution in [1.82, 2.24) is 0 Å². The minimum Gasteiger partial charge on any atom is -0.497 e. The van der Waals surface area contributed by atoms with E-state index in [4.69, 9.17) is 21.1 Å². The summed E-state index contributed by atoms with van der Waals surface area (Å²) in [6, 6.07) is 16.9. The predicted octanol–water partition coefficient (Wildman–Crippen LogP) is 4.76. The Morgan fingerprint density at radius 1 is 0.967 bits per heavy atom. The Bertz CT molecular complexity index is 1060. The molecule has 8 heteroatoms. The first kappa shape index (κ1) is 21.1. The average Bonchev–Trinajstić information content (AvgIpc) is 2.74. The summed E-state index contributed by atoms with van der Waals surface area (Å²) in [4.78, 5) is 24.3. The van der Waals surface area contributed by atoms with Crippen molar-refractivity contribution in [1.29, 1.82) is 0 Å². The van der Waals surface area contributed by atoms with Crippen LogP contribution in [-0.4, -0.2) is 25.5 Å². The van der Waals surface area contributed by atoms with Gasteiger partial charge in [-0.25, -0.2) is 4.39 Å². The monoisotopic (exact) mass is 428 g/mol. The van der Waals surface area contributed by atoms with Crippen molar-refractivity contribution >= 4 is 34.8 Å². The van der Waals surface area contributed by atoms with E-state index in [1.54, 1.807) is 55.6 Å². The molecule has 0 saturated heterocycles. The van der Waals surface area contributed by atoms with Crippen molar-refractivity contribution in [3.05, 3.63) is 83.1 Å². The second-order valence-corrected chi connectivity index (χ2v) is 6.58. The second-order valence-electron chi connectivity index (χ2n) is 6.17. The van der Waals surface area contributed by atoms with Gasteiger partial charge >= 0.3 is 0 Å². The fourth-order valence-corrected chi connectivity index (χ4v) is 2.75. The van der Waals surface area contributed by atoms with E-state index in [0.717, 1.165) is 6.07 Å². The number of hydrogen-bond donors (Lipinski definition) is 2. The molecule has 3 rings (SSSR count). The summed E-state index contributed by atoms with van der Waals surface area (Å²) < 4.78 is 23.6. The lowest BCUT2D eigenvalue weighted by Gasteiger charge is -2.10. The highest BCUT2D eigenvalue weighted by Crippen LogP contribution is 2.23. The molecule has 0 bridgehead atoms. The molecule has 0 spiro atoms. The number of hydrogen-bond acceptors (Lipinski definition) is 4. The minimum atomic E-state index is -0.491. The fourth-order valence-electron chi connectivity index (χ4n) is 2.53. The minimum absolute atomic E-state index is 0.102. The smallest absolute Gasteiger partial charge is 0.262 e. The molecular formula is C22H18ClFN2O4. The van der Waals surface area contributed by atoms with Crippen LogP contribution in [0.25, 0.3) is 0 Å². The van der Waals surface area contributed by atoms with Gasteiger partial charge in [-0.15, -0.1) is 0 Å². The van der Waals surface area contributed by atoms with Gasteiger partial charge in [0.15, 0.2) is 6.61 Å². The Morgan fingerprint density at radius 2 is 1.73 bits per heavy atom. The van der Waals surface area contributed by atoms with E-state index in [9.17, 15) is 14.0 Å². The van der Waals surface area contributed by atoms with E-state index in [-0.39, 0.29) is 17.5 Å². The van der Waals surface area contributed by atoms with E-state index in [2.05, 4.69) is 10.6 Å². The molecular weight excluding hydrogens is 411 g/mol. The zero-order valence-corrected chi connectivity index (χ0v) is 16.7. The van der Waals surface area contributed by atoms with Crippen LogP contribution in [0.4, 0.5) is 15.8 Å². The van der Waals surface area contributed by atoms with Gasteiger partial charge in [-0.05, 0) is 54.6 Å². The van der Waals surface area contributed by atoms with Crippen molar-refractivity contribution in [3.8, 4) is 11.5 Å². The number of carbonyl (C=O) groups is 2. The molecule has 0 saturated carbocycles. The van der Waals surface area contributed by atoms with Crippen LogP contribution in [0.5, 0.6) is 11.5 Å². The SMILES string of the molecule is COc1cccc(NC(=O)COc2ccc(C(=O)Nc3ccc(F)cc3Cl)cc2)c1. The van der Waals surface area contributed by atoms with E-state index in [0.29, 0.717) is 28.4 Å². The summed E-state index contributed by atoms with van der Waals surface area (Å²) in [6.45, 7) is -0.200. The molecule has 3 aromatic rings. The van der Waals surface area contributed by atoms with Crippen LogP contribution in [0, 0.1) is 5.82 Å². The number of nitrogens with one attached hydrogen (secondary N) is 2. The predicted molar refractivity (Wildman–Crippen MR) is 113 cm³/mol. The number of amides is 2. The van der Waals surface area contributed by atoms with Crippen molar-refractivity contribution in [2.45, 2.75) is 0 Å². The second kappa shape index (κ2) is 9.76. The molecule has 0 aliphatic carbocycles. The van der Waals surface area contributed by atoms with Crippen LogP contribution in [0.1, 0.15) is 10.4 Å². The molecule has 6 nitrogen and oxygen atoms in total. The van der Waals surface area contributed by atoms with Crippen LogP contribution in [-0.2, 0) is 4.79 Å². The quantitative estimate of drug-likeness (QED) is 0.569. The zero-order valence-electron chi connectivity index (χ0n) is 15.9. The average molecular weight is 429 g/mol. The van der Waals surface area contributed by atoms with Gasteiger partial charge in [-0.3, -0.25) is 9.59 Å². The van der Waals surface area contributed by atoms with Gasteiger partial charge in [-0.2, -0.15) is 0 Å². The third-order valence-electron chi connectivity index (χ3n) is 4.02. The first-order valence-electron chi connectivity index (χ1n) is 8.88. The number of rotatable bonds is 7. The summed E-state index contributed by atoms with van der Waals surface area (Å²) in [7, 11) is 1.54. The van der Waals surface area contributed by atoms with Gasteiger partial charge in [0.1, 0.15) is 17.3 Å². The highest BCUT2D eigenvalue weighted by molar-refractivity contribution is 6.33. The first-order valence-corrected chi connectivity index (χ1v) is 9.25. The molecule has 30 heavy (non-hydrogen) atoms. The Balaban J connectivity index is 1.53. The molecule has 0 aliphatic heterocycles.